The Morgan fingerprint density at radius 2 is 1.81 bits per heavy atom. The van der Waals surface area contributed by atoms with E-state index in [0.29, 0.717) is 18.5 Å². The van der Waals surface area contributed by atoms with Crippen molar-refractivity contribution in [2.75, 3.05) is 13.1 Å². The molecule has 0 fully saturated rings. The van der Waals surface area contributed by atoms with Crippen LogP contribution >= 0.6 is 0 Å². The first-order chi connectivity index (χ1) is 7.29. The monoisotopic (exact) mass is 228 g/mol. The van der Waals surface area contributed by atoms with Crippen LogP contribution in [0.5, 0.6) is 0 Å². The molecule has 0 spiro atoms. The molecule has 16 heavy (non-hydrogen) atoms. The molecule has 3 heteroatoms. The molecule has 0 aromatic heterocycles. The third kappa shape index (κ3) is 6.11. The van der Waals surface area contributed by atoms with Crippen LogP contribution in [0.2, 0.25) is 0 Å². The summed E-state index contributed by atoms with van der Waals surface area (Å²) < 4.78 is 0. The maximum Gasteiger partial charge on any atom is 0.226 e. The van der Waals surface area contributed by atoms with Crippen LogP contribution in [0.3, 0.4) is 0 Å². The summed E-state index contributed by atoms with van der Waals surface area (Å²) in [5, 5.41) is 6.30. The van der Waals surface area contributed by atoms with E-state index in [-0.39, 0.29) is 11.3 Å². The van der Waals surface area contributed by atoms with E-state index in [0.717, 1.165) is 13.0 Å². The van der Waals surface area contributed by atoms with Gasteiger partial charge >= 0.3 is 0 Å². The van der Waals surface area contributed by atoms with Crippen LogP contribution in [-0.4, -0.2) is 25.0 Å². The Morgan fingerprint density at radius 3 is 2.25 bits per heavy atom. The summed E-state index contributed by atoms with van der Waals surface area (Å²) in [7, 11) is 0. The average molecular weight is 228 g/mol. The second kappa shape index (κ2) is 6.89. The molecule has 0 saturated heterocycles. The standard InChI is InChI=1S/C13H28N2O/c1-7-14-12(16)13(5,6)9-15-11(4)8-10(2)3/h10-11,15H,7-9H2,1-6H3,(H,14,16). The fourth-order valence-electron chi connectivity index (χ4n) is 1.70. The van der Waals surface area contributed by atoms with Gasteiger partial charge in [-0.15, -0.1) is 0 Å². The minimum Gasteiger partial charge on any atom is -0.356 e. The highest BCUT2D eigenvalue weighted by molar-refractivity contribution is 5.81. The summed E-state index contributed by atoms with van der Waals surface area (Å²) in [4.78, 5) is 11.7. The lowest BCUT2D eigenvalue weighted by Crippen LogP contribution is -2.45. The van der Waals surface area contributed by atoms with Crippen molar-refractivity contribution in [3.8, 4) is 0 Å². The average Bonchev–Trinajstić information content (AvgIpc) is 2.14. The molecular weight excluding hydrogens is 200 g/mol. The first-order valence-corrected chi connectivity index (χ1v) is 6.31. The van der Waals surface area contributed by atoms with E-state index in [4.69, 9.17) is 0 Å². The largest absolute Gasteiger partial charge is 0.356 e. The summed E-state index contributed by atoms with van der Waals surface area (Å²) in [6.07, 6.45) is 1.14. The zero-order chi connectivity index (χ0) is 12.8. The van der Waals surface area contributed by atoms with E-state index in [9.17, 15) is 4.79 Å². The molecule has 1 atom stereocenters. The number of nitrogens with one attached hydrogen (secondary N) is 2. The number of carbonyl (C=O) groups excluding carboxylic acids is 1. The van der Waals surface area contributed by atoms with Crippen molar-refractivity contribution in [3.05, 3.63) is 0 Å². The summed E-state index contributed by atoms with van der Waals surface area (Å²) in [6, 6.07) is 0.466. The Bertz CT molecular complexity index is 212. The van der Waals surface area contributed by atoms with Crippen molar-refractivity contribution in [2.45, 2.75) is 54.0 Å². The Kier molecular flexibility index (Phi) is 6.65. The molecule has 3 nitrogen and oxygen atoms in total. The van der Waals surface area contributed by atoms with E-state index in [1.807, 2.05) is 20.8 Å². The number of hydrogen-bond acceptors (Lipinski definition) is 2. The first kappa shape index (κ1) is 15.4. The molecule has 0 saturated carbocycles. The molecule has 96 valence electrons. The summed E-state index contributed by atoms with van der Waals surface area (Å²) in [6.45, 7) is 13.9. The van der Waals surface area contributed by atoms with Crippen LogP contribution in [-0.2, 0) is 4.79 Å². The van der Waals surface area contributed by atoms with Gasteiger partial charge in [-0.3, -0.25) is 4.79 Å². The Hall–Kier alpha value is -0.570. The van der Waals surface area contributed by atoms with Gasteiger partial charge in [0.2, 0.25) is 5.91 Å². The van der Waals surface area contributed by atoms with Gasteiger partial charge in [-0.25, -0.2) is 0 Å². The van der Waals surface area contributed by atoms with Crippen molar-refractivity contribution >= 4 is 5.91 Å². The molecule has 0 aliphatic heterocycles. The van der Waals surface area contributed by atoms with Gasteiger partial charge in [0.1, 0.15) is 0 Å². The topological polar surface area (TPSA) is 41.1 Å². The normalized spacial score (nSPS) is 13.9. The summed E-state index contributed by atoms with van der Waals surface area (Å²) in [5.74, 6) is 0.814. The molecule has 2 N–H and O–H groups in total. The molecule has 0 rings (SSSR count). The molecule has 0 aromatic rings. The third-order valence-corrected chi connectivity index (χ3v) is 2.67. The smallest absolute Gasteiger partial charge is 0.226 e. The fourth-order valence-corrected chi connectivity index (χ4v) is 1.70. The number of amides is 1. The van der Waals surface area contributed by atoms with Gasteiger partial charge in [-0.1, -0.05) is 13.8 Å². The van der Waals surface area contributed by atoms with Gasteiger partial charge in [0.25, 0.3) is 0 Å². The molecule has 0 aromatic carbocycles. The molecule has 1 unspecified atom stereocenters. The van der Waals surface area contributed by atoms with Crippen LogP contribution in [0.1, 0.15) is 48.0 Å². The van der Waals surface area contributed by atoms with Crippen molar-refractivity contribution in [1.82, 2.24) is 10.6 Å². The Balaban J connectivity index is 4.02. The molecule has 0 bridgehead atoms. The number of carbonyl (C=O) groups is 1. The van der Waals surface area contributed by atoms with E-state index in [1.54, 1.807) is 0 Å². The fraction of sp³-hybridized carbons (Fsp3) is 0.923. The van der Waals surface area contributed by atoms with Crippen LogP contribution < -0.4 is 10.6 Å². The predicted molar refractivity (Wildman–Crippen MR) is 69.4 cm³/mol. The minimum atomic E-state index is -0.332. The van der Waals surface area contributed by atoms with Crippen LogP contribution in [0.4, 0.5) is 0 Å². The lowest BCUT2D eigenvalue weighted by atomic mass is 9.91. The Morgan fingerprint density at radius 1 is 1.25 bits per heavy atom. The maximum absolute atomic E-state index is 11.7. The summed E-state index contributed by atoms with van der Waals surface area (Å²) >= 11 is 0. The quantitative estimate of drug-likeness (QED) is 0.701. The zero-order valence-corrected chi connectivity index (χ0v) is 11.7. The van der Waals surface area contributed by atoms with E-state index >= 15 is 0 Å². The lowest BCUT2D eigenvalue weighted by molar-refractivity contribution is -0.129. The Labute approximate surface area is 100 Å². The highest BCUT2D eigenvalue weighted by Crippen LogP contribution is 2.14. The second-order valence-electron chi connectivity index (χ2n) is 5.65. The van der Waals surface area contributed by atoms with Gasteiger partial charge in [0.15, 0.2) is 0 Å². The first-order valence-electron chi connectivity index (χ1n) is 6.31. The summed E-state index contributed by atoms with van der Waals surface area (Å²) in [5.41, 5.74) is -0.332. The van der Waals surface area contributed by atoms with Crippen molar-refractivity contribution in [1.29, 1.82) is 0 Å². The van der Waals surface area contributed by atoms with Crippen LogP contribution in [0.15, 0.2) is 0 Å². The SMILES string of the molecule is CCNC(=O)C(C)(C)CNC(C)CC(C)C. The number of hydrogen-bond donors (Lipinski definition) is 2. The van der Waals surface area contributed by atoms with Crippen LogP contribution in [0, 0.1) is 11.3 Å². The van der Waals surface area contributed by atoms with Gasteiger partial charge < -0.3 is 10.6 Å². The van der Waals surface area contributed by atoms with Gasteiger partial charge in [0, 0.05) is 19.1 Å². The zero-order valence-electron chi connectivity index (χ0n) is 11.7. The van der Waals surface area contributed by atoms with Crippen LogP contribution in [0.25, 0.3) is 0 Å². The lowest BCUT2D eigenvalue weighted by Gasteiger charge is -2.26. The van der Waals surface area contributed by atoms with Crippen molar-refractivity contribution < 1.29 is 4.79 Å². The van der Waals surface area contributed by atoms with Crippen molar-refractivity contribution in [2.24, 2.45) is 11.3 Å². The highest BCUT2D eigenvalue weighted by Gasteiger charge is 2.27. The van der Waals surface area contributed by atoms with Gasteiger partial charge in [-0.2, -0.15) is 0 Å². The second-order valence-corrected chi connectivity index (χ2v) is 5.65. The van der Waals surface area contributed by atoms with Crippen molar-refractivity contribution in [3.63, 3.8) is 0 Å². The van der Waals surface area contributed by atoms with Gasteiger partial charge in [0.05, 0.1) is 5.41 Å². The van der Waals surface area contributed by atoms with E-state index in [1.165, 1.54) is 0 Å². The highest BCUT2D eigenvalue weighted by atomic mass is 16.2. The molecule has 1 amide bonds. The number of rotatable bonds is 7. The molecular formula is C13H28N2O. The van der Waals surface area contributed by atoms with Gasteiger partial charge in [-0.05, 0) is 40.0 Å². The minimum absolute atomic E-state index is 0.124. The maximum atomic E-state index is 11.7. The third-order valence-electron chi connectivity index (χ3n) is 2.67. The predicted octanol–water partition coefficient (Wildman–Crippen LogP) is 2.17. The molecule has 0 aliphatic carbocycles. The van der Waals surface area contributed by atoms with E-state index < -0.39 is 0 Å². The van der Waals surface area contributed by atoms with E-state index in [2.05, 4.69) is 31.4 Å². The molecule has 0 radical (unpaired) electrons. The molecule has 0 aliphatic rings. The molecule has 0 heterocycles.